The molecule has 0 heterocycles. The Bertz CT molecular complexity index is 1200. The van der Waals surface area contributed by atoms with Crippen LogP contribution < -0.4 is 0 Å². The van der Waals surface area contributed by atoms with Crippen LogP contribution in [0.5, 0.6) is 0 Å². The largest absolute Gasteiger partial charge is 0.462 e. The molecule has 0 saturated heterocycles. The van der Waals surface area contributed by atoms with Crippen LogP contribution in [0.1, 0.15) is 226 Å². The Morgan fingerprint density at radius 3 is 1.21 bits per heavy atom. The third-order valence-electron chi connectivity index (χ3n) is 10.6. The molecule has 0 aliphatic rings. The summed E-state index contributed by atoms with van der Waals surface area (Å²) in [5.41, 5.74) is 0. The van der Waals surface area contributed by atoms with E-state index in [2.05, 4.69) is 118 Å². The van der Waals surface area contributed by atoms with Gasteiger partial charge in [0.25, 0.3) is 0 Å². The van der Waals surface area contributed by atoms with E-state index in [4.69, 9.17) is 14.2 Å². The van der Waals surface area contributed by atoms with Gasteiger partial charge in [-0.05, 0) is 116 Å². The molecule has 0 bridgehead atoms. The molecule has 62 heavy (non-hydrogen) atoms. The van der Waals surface area contributed by atoms with E-state index in [-0.39, 0.29) is 25.2 Å². The lowest BCUT2D eigenvalue weighted by atomic mass is 10.1. The average Bonchev–Trinajstić information content (AvgIpc) is 3.27. The van der Waals surface area contributed by atoms with Crippen molar-refractivity contribution >= 4 is 11.9 Å². The molecule has 0 radical (unpaired) electrons. The van der Waals surface area contributed by atoms with E-state index < -0.39 is 6.10 Å². The predicted octanol–water partition coefficient (Wildman–Crippen LogP) is 17.5. The van der Waals surface area contributed by atoms with Crippen LogP contribution in [0, 0.1) is 0 Å². The van der Waals surface area contributed by atoms with Crippen molar-refractivity contribution in [1.29, 1.82) is 0 Å². The third-order valence-corrected chi connectivity index (χ3v) is 10.6. The molecule has 0 N–H and O–H groups in total. The first kappa shape index (κ1) is 58.8. The Morgan fingerprint density at radius 1 is 0.371 bits per heavy atom. The first-order chi connectivity index (χ1) is 30.6. The van der Waals surface area contributed by atoms with Crippen LogP contribution in [0.4, 0.5) is 0 Å². The Morgan fingerprint density at radius 2 is 0.726 bits per heavy atom. The number of rotatable bonds is 46. The highest BCUT2D eigenvalue weighted by Gasteiger charge is 2.17. The molecule has 1 atom stereocenters. The molecule has 1 unspecified atom stereocenters. The second-order valence-corrected chi connectivity index (χ2v) is 16.7. The molecule has 0 spiro atoms. The van der Waals surface area contributed by atoms with Gasteiger partial charge in [0.1, 0.15) is 6.61 Å². The summed E-state index contributed by atoms with van der Waals surface area (Å²) in [7, 11) is 0. The fourth-order valence-electron chi connectivity index (χ4n) is 6.80. The molecule has 0 rings (SSSR count). The van der Waals surface area contributed by atoms with E-state index in [1.165, 1.54) is 89.9 Å². The monoisotopic (exact) mass is 861 g/mol. The number of ether oxygens (including phenoxy) is 3. The number of hydrogen-bond donors (Lipinski definition) is 0. The highest BCUT2D eigenvalue weighted by Crippen LogP contribution is 2.13. The van der Waals surface area contributed by atoms with Gasteiger partial charge >= 0.3 is 11.9 Å². The van der Waals surface area contributed by atoms with Gasteiger partial charge in [-0.1, -0.05) is 195 Å². The summed E-state index contributed by atoms with van der Waals surface area (Å²) < 4.78 is 17.3. The highest BCUT2D eigenvalue weighted by molar-refractivity contribution is 5.70. The van der Waals surface area contributed by atoms with E-state index >= 15 is 0 Å². The molecule has 354 valence electrons. The molecule has 5 nitrogen and oxygen atoms in total. The molecule has 0 aromatic carbocycles. The number of allylic oxidation sites excluding steroid dienone is 16. The van der Waals surface area contributed by atoms with Crippen LogP contribution in [-0.2, 0) is 23.8 Å². The maximum absolute atomic E-state index is 12.8. The van der Waals surface area contributed by atoms with Crippen LogP contribution in [0.15, 0.2) is 97.2 Å². The van der Waals surface area contributed by atoms with Gasteiger partial charge in [0.2, 0.25) is 0 Å². The summed E-state index contributed by atoms with van der Waals surface area (Å²) in [4.78, 5) is 25.4. The van der Waals surface area contributed by atoms with Gasteiger partial charge < -0.3 is 14.2 Å². The van der Waals surface area contributed by atoms with Gasteiger partial charge in [-0.2, -0.15) is 0 Å². The number of carbonyl (C=O) groups excluding carboxylic acids is 2. The first-order valence-corrected chi connectivity index (χ1v) is 25.8. The van der Waals surface area contributed by atoms with Crippen molar-refractivity contribution in [2.45, 2.75) is 232 Å². The van der Waals surface area contributed by atoms with Gasteiger partial charge in [0.15, 0.2) is 6.10 Å². The maximum atomic E-state index is 12.8. The van der Waals surface area contributed by atoms with Crippen LogP contribution in [0.2, 0.25) is 0 Å². The number of unbranched alkanes of at least 4 members (excludes halogenated alkanes) is 19. The third kappa shape index (κ3) is 49.5. The normalized spacial score (nSPS) is 13.0. The molecule has 0 aliphatic carbocycles. The fraction of sp³-hybridized carbons (Fsp3) is 0.684. The average molecular weight is 861 g/mol. The summed E-state index contributed by atoms with van der Waals surface area (Å²) in [6.07, 6.45) is 69.9. The zero-order chi connectivity index (χ0) is 44.9. The summed E-state index contributed by atoms with van der Waals surface area (Å²) in [6.45, 7) is 7.50. The van der Waals surface area contributed by atoms with Crippen molar-refractivity contribution in [1.82, 2.24) is 0 Å². The maximum Gasteiger partial charge on any atom is 0.306 e. The topological polar surface area (TPSA) is 61.8 Å². The lowest BCUT2D eigenvalue weighted by Gasteiger charge is -2.18. The van der Waals surface area contributed by atoms with Crippen molar-refractivity contribution in [3.8, 4) is 0 Å². The van der Waals surface area contributed by atoms with Gasteiger partial charge in [0.05, 0.1) is 6.61 Å². The zero-order valence-corrected chi connectivity index (χ0v) is 40.6. The molecular formula is C57H96O5. The van der Waals surface area contributed by atoms with Crippen molar-refractivity contribution in [2.24, 2.45) is 0 Å². The Kier molecular flexibility index (Phi) is 49.5. The Labute approximate surface area is 383 Å². The van der Waals surface area contributed by atoms with Crippen molar-refractivity contribution < 1.29 is 23.8 Å². The van der Waals surface area contributed by atoms with Gasteiger partial charge in [0, 0.05) is 19.4 Å². The summed E-state index contributed by atoms with van der Waals surface area (Å²) in [5.74, 6) is -0.466. The van der Waals surface area contributed by atoms with E-state index in [0.29, 0.717) is 19.4 Å². The minimum Gasteiger partial charge on any atom is -0.462 e. The number of hydrogen-bond acceptors (Lipinski definition) is 5. The lowest BCUT2D eigenvalue weighted by molar-refractivity contribution is -0.163. The highest BCUT2D eigenvalue weighted by atomic mass is 16.6. The minimum atomic E-state index is -0.576. The molecule has 0 aromatic heterocycles. The van der Waals surface area contributed by atoms with Gasteiger partial charge in [-0.25, -0.2) is 0 Å². The van der Waals surface area contributed by atoms with Crippen LogP contribution in [0.3, 0.4) is 0 Å². The summed E-state index contributed by atoms with van der Waals surface area (Å²) >= 11 is 0. The minimum absolute atomic E-state index is 0.0525. The van der Waals surface area contributed by atoms with Crippen molar-refractivity contribution in [3.05, 3.63) is 97.2 Å². The molecule has 0 fully saturated rings. The van der Waals surface area contributed by atoms with Crippen molar-refractivity contribution in [2.75, 3.05) is 19.8 Å². The second-order valence-electron chi connectivity index (χ2n) is 16.7. The first-order valence-electron chi connectivity index (χ1n) is 25.8. The fourth-order valence-corrected chi connectivity index (χ4v) is 6.80. The van der Waals surface area contributed by atoms with Crippen molar-refractivity contribution in [3.63, 3.8) is 0 Å². The summed E-state index contributed by atoms with van der Waals surface area (Å²) in [5, 5.41) is 0. The predicted molar refractivity (Wildman–Crippen MR) is 270 cm³/mol. The zero-order valence-electron chi connectivity index (χ0n) is 40.6. The standard InChI is InChI=1S/C57H96O5/c1-4-7-10-13-16-19-22-25-28-29-31-32-35-38-41-44-47-50-56(58)61-54-55(53-60-52-49-46-43-40-37-34-27-24-21-18-15-12-9-6-3)62-57(59)51-48-45-42-39-36-33-30-26-23-20-17-14-11-8-5-2/h8-9,11-12,17-18,20-21,25-28,30,34,36,39,55H,4-7,10,13-16,19,22-24,29,31-33,35,37-38,40-54H2,1-3H3/b11-8-,12-9-,20-17-,21-18-,28-25-,30-26-,34-27-,39-36-. The molecular weight excluding hydrogens is 765 g/mol. The smallest absolute Gasteiger partial charge is 0.306 e. The van der Waals surface area contributed by atoms with Crippen LogP contribution in [0.25, 0.3) is 0 Å². The Balaban J connectivity index is 4.38. The van der Waals surface area contributed by atoms with Gasteiger partial charge in [-0.3, -0.25) is 9.59 Å². The van der Waals surface area contributed by atoms with E-state index in [9.17, 15) is 9.59 Å². The van der Waals surface area contributed by atoms with E-state index in [1.54, 1.807) is 0 Å². The molecule has 5 heteroatoms. The molecule has 0 amide bonds. The molecule has 0 aromatic rings. The van der Waals surface area contributed by atoms with E-state index in [0.717, 1.165) is 103 Å². The van der Waals surface area contributed by atoms with Crippen LogP contribution >= 0.6 is 0 Å². The summed E-state index contributed by atoms with van der Waals surface area (Å²) in [6, 6.07) is 0. The lowest BCUT2D eigenvalue weighted by Crippen LogP contribution is -2.30. The number of carbonyl (C=O) groups is 2. The van der Waals surface area contributed by atoms with Crippen LogP contribution in [-0.4, -0.2) is 37.9 Å². The van der Waals surface area contributed by atoms with Gasteiger partial charge in [-0.15, -0.1) is 0 Å². The molecule has 0 saturated carbocycles. The number of esters is 2. The Hall–Kier alpha value is -3.18. The SMILES string of the molecule is CC/C=C\C/C=C\C/C=C\C/C=C\CCCCC(=O)OC(COCCCCCC/C=C\C/C=C\C/C=C\CC)COC(=O)CCCCCCCCC/C=C\CCCCCCCC. The quantitative estimate of drug-likeness (QED) is 0.0347. The van der Waals surface area contributed by atoms with E-state index in [1.807, 2.05) is 0 Å². The molecule has 0 aliphatic heterocycles. The second kappa shape index (κ2) is 52.2.